The molecule has 2 aliphatic heterocycles. The fraction of sp³-hybridized carbons (Fsp3) is 0.458. The monoisotopic (exact) mass is 536 g/mol. The van der Waals surface area contributed by atoms with Gasteiger partial charge in [-0.25, -0.2) is 4.79 Å². The summed E-state index contributed by atoms with van der Waals surface area (Å²) < 4.78 is 9.75. The Bertz CT molecular complexity index is 1280. The first-order valence-corrected chi connectivity index (χ1v) is 11.9. The maximum absolute atomic E-state index is 13.5. The number of aromatic hydroxyl groups is 1. The van der Waals surface area contributed by atoms with Crippen LogP contribution in [0.15, 0.2) is 29.8 Å². The maximum atomic E-state index is 13.5. The summed E-state index contributed by atoms with van der Waals surface area (Å²) in [5, 5.41) is 10.5. The normalized spacial score (nSPS) is 35.3. The number of fused-ring (bicyclic) bond motifs is 4. The van der Waals surface area contributed by atoms with E-state index in [0.29, 0.717) is 16.0 Å². The molecule has 2 heterocycles. The Hall–Kier alpha value is -3.11. The van der Waals surface area contributed by atoms with E-state index in [2.05, 4.69) is 4.74 Å². The van der Waals surface area contributed by atoms with Crippen molar-refractivity contribution in [2.24, 2.45) is 17.8 Å². The summed E-state index contributed by atoms with van der Waals surface area (Å²) in [4.78, 5) is 62.7. The van der Waals surface area contributed by atoms with Crippen molar-refractivity contribution in [2.45, 2.75) is 28.5 Å². The summed E-state index contributed by atoms with van der Waals surface area (Å²) in [6.07, 6.45) is 0.535. The number of ether oxygens (including phenoxy) is 2. The Morgan fingerprint density at radius 3 is 2.39 bits per heavy atom. The third-order valence-corrected chi connectivity index (χ3v) is 9.32. The van der Waals surface area contributed by atoms with Crippen LogP contribution >= 0.6 is 23.2 Å². The number of carbonyl (C=O) groups excluding carboxylic acids is 5. The number of allylic oxidation sites excluding steroid dienone is 2. The van der Waals surface area contributed by atoms with E-state index >= 15 is 0 Å². The van der Waals surface area contributed by atoms with E-state index in [1.807, 2.05) is 0 Å². The van der Waals surface area contributed by atoms with Gasteiger partial charge < -0.3 is 14.6 Å². The molecular weight excluding hydrogens is 515 g/mol. The summed E-state index contributed by atoms with van der Waals surface area (Å²) >= 11 is 14.0. The molecule has 2 saturated heterocycles. The molecule has 12 heteroatoms. The third-order valence-electron chi connectivity index (χ3n) is 7.91. The number of benzene rings is 1. The first-order valence-electron chi connectivity index (χ1n) is 11.2. The molecule has 0 radical (unpaired) electrons. The van der Waals surface area contributed by atoms with Gasteiger partial charge >= 0.3 is 6.09 Å². The van der Waals surface area contributed by atoms with Crippen LogP contribution in [0.4, 0.5) is 4.79 Å². The quantitative estimate of drug-likeness (QED) is 0.345. The number of methoxy groups -OCH3 is 2. The zero-order chi connectivity index (χ0) is 26.3. The third kappa shape index (κ3) is 2.82. The highest BCUT2D eigenvalue weighted by molar-refractivity contribution is 6.53. The molecule has 6 atom stereocenters. The molecule has 36 heavy (non-hydrogen) atoms. The Morgan fingerprint density at radius 1 is 1.08 bits per heavy atom. The number of nitrogens with zero attached hydrogens (tertiary/aromatic N) is 2. The van der Waals surface area contributed by atoms with Crippen molar-refractivity contribution in [2.75, 3.05) is 21.3 Å². The van der Waals surface area contributed by atoms with Crippen molar-refractivity contribution in [3.05, 3.63) is 35.4 Å². The number of carbonyl (C=O) groups is 5. The van der Waals surface area contributed by atoms with Crippen LogP contribution in [0.5, 0.6) is 11.5 Å². The number of imide groups is 4. The number of rotatable bonds is 2. The Balaban J connectivity index is 1.71. The van der Waals surface area contributed by atoms with Gasteiger partial charge in [-0.1, -0.05) is 17.7 Å². The first kappa shape index (κ1) is 24.6. The van der Waals surface area contributed by atoms with Gasteiger partial charge in [-0.15, -0.1) is 23.2 Å². The highest BCUT2D eigenvalue weighted by atomic mass is 35.5. The van der Waals surface area contributed by atoms with Gasteiger partial charge in [0, 0.05) is 13.0 Å². The van der Waals surface area contributed by atoms with E-state index in [0.717, 1.165) is 12.0 Å². The summed E-state index contributed by atoms with van der Waals surface area (Å²) in [5.74, 6) is -6.59. The van der Waals surface area contributed by atoms with Crippen molar-refractivity contribution >= 4 is 52.9 Å². The molecule has 10 nitrogen and oxygen atoms in total. The predicted molar refractivity (Wildman–Crippen MR) is 124 cm³/mol. The molecule has 0 bridgehead atoms. The lowest BCUT2D eigenvalue weighted by Crippen LogP contribution is -2.60. The molecular formula is C24H22Cl2N2O8. The van der Waals surface area contributed by atoms with E-state index in [1.165, 1.54) is 26.3 Å². The summed E-state index contributed by atoms with van der Waals surface area (Å²) in [7, 11) is 3.73. The lowest BCUT2D eigenvalue weighted by Gasteiger charge is -2.50. The van der Waals surface area contributed by atoms with Gasteiger partial charge in [-0.3, -0.25) is 24.1 Å². The number of hydrogen-bond donors (Lipinski definition) is 1. The van der Waals surface area contributed by atoms with Crippen molar-refractivity contribution in [3.63, 3.8) is 0 Å². The molecule has 4 aliphatic rings. The molecule has 5 rings (SSSR count). The van der Waals surface area contributed by atoms with Crippen molar-refractivity contribution in [3.8, 4) is 11.5 Å². The average molecular weight is 537 g/mol. The van der Waals surface area contributed by atoms with Gasteiger partial charge in [0.15, 0.2) is 21.2 Å². The first-order chi connectivity index (χ1) is 16.9. The highest BCUT2D eigenvalue weighted by Gasteiger charge is 2.76. The van der Waals surface area contributed by atoms with Gasteiger partial charge in [0.25, 0.3) is 11.8 Å². The van der Waals surface area contributed by atoms with Crippen molar-refractivity contribution in [1.82, 2.24) is 9.80 Å². The molecule has 0 aromatic heterocycles. The van der Waals surface area contributed by atoms with E-state index in [9.17, 15) is 29.1 Å². The minimum atomic E-state index is -1.97. The Kier molecular flexibility index (Phi) is 5.42. The lowest BCUT2D eigenvalue weighted by molar-refractivity contribution is -0.139. The maximum Gasteiger partial charge on any atom is 0.423 e. The van der Waals surface area contributed by atoms with Gasteiger partial charge in [-0.2, -0.15) is 4.90 Å². The molecule has 6 unspecified atom stereocenters. The van der Waals surface area contributed by atoms with Gasteiger partial charge in [0.1, 0.15) is 0 Å². The van der Waals surface area contributed by atoms with Gasteiger partial charge in [-0.05, 0) is 36.5 Å². The topological polar surface area (TPSA) is 131 Å². The van der Waals surface area contributed by atoms with Crippen LogP contribution in [0.2, 0.25) is 0 Å². The average Bonchev–Trinajstić information content (AvgIpc) is 3.18. The molecule has 1 aromatic carbocycles. The van der Waals surface area contributed by atoms with Crippen LogP contribution < -0.4 is 4.74 Å². The Labute approximate surface area is 215 Å². The minimum absolute atomic E-state index is 0.105. The predicted octanol–water partition coefficient (Wildman–Crippen LogP) is 2.16. The van der Waals surface area contributed by atoms with Gasteiger partial charge in [0.05, 0.1) is 26.1 Å². The summed E-state index contributed by atoms with van der Waals surface area (Å²) in [5.41, 5.74) is 0.914. The molecule has 1 saturated carbocycles. The van der Waals surface area contributed by atoms with Crippen molar-refractivity contribution < 1.29 is 38.6 Å². The van der Waals surface area contributed by atoms with Crippen LogP contribution in [0.25, 0.3) is 0 Å². The van der Waals surface area contributed by atoms with E-state index in [4.69, 9.17) is 27.9 Å². The number of amides is 5. The molecule has 1 N–H and O–H groups in total. The second kappa shape index (κ2) is 7.94. The Morgan fingerprint density at radius 2 is 1.78 bits per heavy atom. The number of phenolic OH excluding ortho intramolecular Hbond substituents is 1. The van der Waals surface area contributed by atoms with Crippen LogP contribution in [0.1, 0.15) is 24.3 Å². The molecule has 190 valence electrons. The molecule has 2 aliphatic carbocycles. The SMILES string of the molecule is COC(=O)N1C(=O)C2CC=C3C(CC4(Cl)C(=O)N(C)C(=O)C4(Cl)C3c3ccc(OC)c(O)c3)C2C1=O. The number of phenols is 1. The van der Waals surface area contributed by atoms with Crippen molar-refractivity contribution in [1.29, 1.82) is 0 Å². The fourth-order valence-electron chi connectivity index (χ4n) is 6.28. The minimum Gasteiger partial charge on any atom is -0.504 e. The smallest absolute Gasteiger partial charge is 0.423 e. The van der Waals surface area contributed by atoms with E-state index < -0.39 is 63.1 Å². The number of halogens is 2. The van der Waals surface area contributed by atoms with Crippen LogP contribution in [-0.2, 0) is 23.9 Å². The molecule has 3 fully saturated rings. The summed E-state index contributed by atoms with van der Waals surface area (Å²) in [6.45, 7) is 0. The zero-order valence-electron chi connectivity index (χ0n) is 19.5. The number of hydrogen-bond acceptors (Lipinski definition) is 8. The van der Waals surface area contributed by atoms with Crippen LogP contribution in [0.3, 0.4) is 0 Å². The highest BCUT2D eigenvalue weighted by Crippen LogP contribution is 2.65. The number of alkyl halides is 2. The molecule has 1 aromatic rings. The lowest BCUT2D eigenvalue weighted by atomic mass is 9.56. The van der Waals surface area contributed by atoms with E-state index in [-0.39, 0.29) is 24.3 Å². The van der Waals surface area contributed by atoms with E-state index in [1.54, 1.807) is 12.1 Å². The summed E-state index contributed by atoms with van der Waals surface area (Å²) in [6, 6.07) is 4.46. The van der Waals surface area contributed by atoms with Gasteiger partial charge in [0.2, 0.25) is 11.8 Å². The van der Waals surface area contributed by atoms with Crippen LogP contribution in [-0.4, -0.2) is 75.6 Å². The number of likely N-dealkylation sites (tertiary alicyclic amines) is 2. The standard InChI is InChI=1S/C24H22Cl2N2O8/c1-27-20(32)23(25)9-13-11(5-6-12-16(13)19(31)28(18(12)30)22(34)36-3)17(24(23,26)21(27)33)10-4-7-15(35-2)14(29)8-10/h4-5,7-8,12-13,16-17,29H,6,9H2,1-3H3. The zero-order valence-corrected chi connectivity index (χ0v) is 21.0. The fourth-order valence-corrected chi connectivity index (χ4v) is 7.30. The largest absolute Gasteiger partial charge is 0.504 e. The molecule has 0 spiro atoms. The second-order valence-electron chi connectivity index (χ2n) is 9.41. The second-order valence-corrected chi connectivity index (χ2v) is 10.7. The molecule has 5 amide bonds. The van der Waals surface area contributed by atoms with Crippen LogP contribution in [0, 0.1) is 17.8 Å².